The van der Waals surface area contributed by atoms with E-state index in [1.54, 1.807) is 6.26 Å². The summed E-state index contributed by atoms with van der Waals surface area (Å²) in [5.41, 5.74) is 0.540. The van der Waals surface area contributed by atoms with E-state index in [9.17, 15) is 4.79 Å². The topological polar surface area (TPSA) is 76.0 Å². The summed E-state index contributed by atoms with van der Waals surface area (Å²) < 4.78 is 16.5. The Morgan fingerprint density at radius 3 is 2.67 bits per heavy atom. The predicted octanol–water partition coefficient (Wildman–Crippen LogP) is 3.09. The van der Waals surface area contributed by atoms with E-state index >= 15 is 0 Å². The molecule has 1 fully saturated rings. The summed E-state index contributed by atoms with van der Waals surface area (Å²) in [4.78, 5) is 14.6. The van der Waals surface area contributed by atoms with Crippen LogP contribution < -0.4 is 15.4 Å². The molecular weight excluding hydrogens is 346 g/mol. The summed E-state index contributed by atoms with van der Waals surface area (Å²) in [5.74, 6) is 1.32. The van der Waals surface area contributed by atoms with E-state index in [0.29, 0.717) is 37.8 Å². The molecule has 2 aromatic rings. The summed E-state index contributed by atoms with van der Waals surface area (Å²) >= 11 is 0. The SMILES string of the molecule is CN(C)C1(CNC(=O)Nc2ccccc2OCc2ccco2)CCOCC1. The van der Waals surface area contributed by atoms with Gasteiger partial charge in [0, 0.05) is 25.3 Å². The molecule has 7 nitrogen and oxygen atoms in total. The van der Waals surface area contributed by atoms with Crippen molar-refractivity contribution in [3.05, 3.63) is 48.4 Å². The van der Waals surface area contributed by atoms with Gasteiger partial charge in [-0.2, -0.15) is 0 Å². The fourth-order valence-electron chi connectivity index (χ4n) is 3.18. The van der Waals surface area contributed by atoms with E-state index in [2.05, 4.69) is 15.5 Å². The Morgan fingerprint density at radius 2 is 1.96 bits per heavy atom. The van der Waals surface area contributed by atoms with Crippen LogP contribution in [-0.2, 0) is 11.3 Å². The molecule has 2 amide bonds. The second-order valence-electron chi connectivity index (χ2n) is 6.90. The molecule has 1 aromatic heterocycles. The Balaban J connectivity index is 1.57. The largest absolute Gasteiger partial charge is 0.483 e. The number of hydrogen-bond donors (Lipinski definition) is 2. The second-order valence-corrected chi connectivity index (χ2v) is 6.90. The number of ether oxygens (including phenoxy) is 2. The Labute approximate surface area is 159 Å². The molecule has 0 radical (unpaired) electrons. The number of carbonyl (C=O) groups is 1. The number of hydrogen-bond acceptors (Lipinski definition) is 5. The highest BCUT2D eigenvalue weighted by Crippen LogP contribution is 2.26. The molecule has 146 valence electrons. The molecule has 0 saturated carbocycles. The van der Waals surface area contributed by atoms with Gasteiger partial charge < -0.3 is 29.4 Å². The summed E-state index contributed by atoms with van der Waals surface area (Å²) in [6.45, 7) is 2.29. The maximum absolute atomic E-state index is 12.5. The van der Waals surface area contributed by atoms with E-state index in [4.69, 9.17) is 13.9 Å². The van der Waals surface area contributed by atoms with Gasteiger partial charge in [0.15, 0.2) is 0 Å². The molecule has 1 aromatic carbocycles. The lowest BCUT2D eigenvalue weighted by atomic mass is 9.88. The van der Waals surface area contributed by atoms with Crippen LogP contribution >= 0.6 is 0 Å². The molecule has 0 aliphatic carbocycles. The number of likely N-dealkylation sites (N-methyl/N-ethyl adjacent to an activating group) is 1. The Hall–Kier alpha value is -2.51. The van der Waals surface area contributed by atoms with Crippen molar-refractivity contribution in [2.75, 3.05) is 39.2 Å². The molecule has 2 N–H and O–H groups in total. The highest BCUT2D eigenvalue weighted by atomic mass is 16.5. The number of anilines is 1. The minimum absolute atomic E-state index is 0.0785. The number of carbonyl (C=O) groups excluding carboxylic acids is 1. The molecule has 0 unspecified atom stereocenters. The molecule has 1 aliphatic heterocycles. The van der Waals surface area contributed by atoms with Gasteiger partial charge in [-0.3, -0.25) is 0 Å². The van der Waals surface area contributed by atoms with E-state index < -0.39 is 0 Å². The molecule has 1 saturated heterocycles. The van der Waals surface area contributed by atoms with Gasteiger partial charge in [-0.25, -0.2) is 4.79 Å². The first-order chi connectivity index (χ1) is 13.1. The highest BCUT2D eigenvalue weighted by molar-refractivity contribution is 5.90. The van der Waals surface area contributed by atoms with E-state index in [0.717, 1.165) is 18.6 Å². The van der Waals surface area contributed by atoms with Crippen LogP contribution in [0.3, 0.4) is 0 Å². The fourth-order valence-corrected chi connectivity index (χ4v) is 3.18. The summed E-state index contributed by atoms with van der Waals surface area (Å²) in [5, 5.41) is 5.88. The summed E-state index contributed by atoms with van der Waals surface area (Å²) in [6.07, 6.45) is 3.39. The molecule has 27 heavy (non-hydrogen) atoms. The van der Waals surface area contributed by atoms with Crippen molar-refractivity contribution in [2.45, 2.75) is 25.0 Å². The van der Waals surface area contributed by atoms with Crippen molar-refractivity contribution in [3.8, 4) is 5.75 Å². The molecule has 0 spiro atoms. The molecular formula is C20H27N3O4. The third-order valence-electron chi connectivity index (χ3n) is 5.04. The Morgan fingerprint density at radius 1 is 1.19 bits per heavy atom. The van der Waals surface area contributed by atoms with Crippen LogP contribution in [0.4, 0.5) is 10.5 Å². The predicted molar refractivity (Wildman–Crippen MR) is 103 cm³/mol. The Kier molecular flexibility index (Phi) is 6.36. The molecule has 3 rings (SSSR count). The van der Waals surface area contributed by atoms with Gasteiger partial charge in [0.25, 0.3) is 0 Å². The van der Waals surface area contributed by atoms with Gasteiger partial charge in [-0.05, 0) is 51.2 Å². The van der Waals surface area contributed by atoms with Crippen molar-refractivity contribution in [3.63, 3.8) is 0 Å². The number of furan rings is 1. The van der Waals surface area contributed by atoms with Crippen LogP contribution in [0.5, 0.6) is 5.75 Å². The molecule has 1 aliphatic rings. The maximum Gasteiger partial charge on any atom is 0.319 e. The quantitative estimate of drug-likeness (QED) is 0.780. The van der Waals surface area contributed by atoms with Crippen molar-refractivity contribution < 1.29 is 18.7 Å². The van der Waals surface area contributed by atoms with Crippen LogP contribution in [0, 0.1) is 0 Å². The standard InChI is InChI=1S/C20H27N3O4/c1-23(2)20(9-12-25-13-10-20)15-21-19(24)22-17-7-3-4-8-18(17)27-14-16-6-5-11-26-16/h3-8,11H,9-10,12-15H2,1-2H3,(H2,21,22,24). The zero-order valence-corrected chi connectivity index (χ0v) is 15.9. The number of para-hydroxylation sites is 2. The van der Waals surface area contributed by atoms with E-state index in [1.165, 1.54) is 0 Å². The van der Waals surface area contributed by atoms with E-state index in [-0.39, 0.29) is 11.6 Å². The average molecular weight is 373 g/mol. The number of amides is 2. The molecule has 7 heteroatoms. The lowest BCUT2D eigenvalue weighted by molar-refractivity contribution is -0.00553. The normalized spacial score (nSPS) is 16.1. The van der Waals surface area contributed by atoms with E-state index in [1.807, 2.05) is 50.5 Å². The number of nitrogens with one attached hydrogen (secondary N) is 2. The van der Waals surface area contributed by atoms with Crippen molar-refractivity contribution in [1.82, 2.24) is 10.2 Å². The van der Waals surface area contributed by atoms with Crippen LogP contribution in [0.1, 0.15) is 18.6 Å². The fraction of sp³-hybridized carbons (Fsp3) is 0.450. The maximum atomic E-state index is 12.5. The first-order valence-electron chi connectivity index (χ1n) is 9.13. The van der Waals surface area contributed by atoms with Gasteiger partial charge in [0.1, 0.15) is 18.1 Å². The zero-order valence-electron chi connectivity index (χ0n) is 15.9. The number of urea groups is 1. The second kappa shape index (κ2) is 8.92. The molecule has 0 bridgehead atoms. The van der Waals surface area contributed by atoms with Gasteiger partial charge in [-0.15, -0.1) is 0 Å². The average Bonchev–Trinajstić information content (AvgIpc) is 3.20. The number of benzene rings is 1. The lowest BCUT2D eigenvalue weighted by Crippen LogP contribution is -2.56. The van der Waals surface area contributed by atoms with Crippen molar-refractivity contribution in [1.29, 1.82) is 0 Å². The van der Waals surface area contributed by atoms with Gasteiger partial charge >= 0.3 is 6.03 Å². The summed E-state index contributed by atoms with van der Waals surface area (Å²) in [7, 11) is 4.09. The smallest absolute Gasteiger partial charge is 0.319 e. The zero-order chi connectivity index (χ0) is 19.1. The highest BCUT2D eigenvalue weighted by Gasteiger charge is 2.35. The van der Waals surface area contributed by atoms with Crippen LogP contribution in [0.25, 0.3) is 0 Å². The molecule has 0 atom stereocenters. The van der Waals surface area contributed by atoms with Gasteiger partial charge in [-0.1, -0.05) is 12.1 Å². The number of rotatable bonds is 7. The van der Waals surface area contributed by atoms with Crippen LogP contribution in [0.15, 0.2) is 47.1 Å². The van der Waals surface area contributed by atoms with Gasteiger partial charge in [0.2, 0.25) is 0 Å². The number of nitrogens with zero attached hydrogens (tertiary/aromatic N) is 1. The first-order valence-corrected chi connectivity index (χ1v) is 9.13. The lowest BCUT2D eigenvalue weighted by Gasteiger charge is -2.42. The third kappa shape index (κ3) is 5.02. The van der Waals surface area contributed by atoms with Crippen molar-refractivity contribution >= 4 is 11.7 Å². The molecule has 2 heterocycles. The van der Waals surface area contributed by atoms with Crippen LogP contribution in [-0.4, -0.2) is 50.3 Å². The summed E-state index contributed by atoms with van der Waals surface area (Å²) in [6, 6.07) is 10.8. The Bertz CT molecular complexity index is 725. The minimum Gasteiger partial charge on any atom is -0.483 e. The van der Waals surface area contributed by atoms with Gasteiger partial charge in [0.05, 0.1) is 12.0 Å². The first kappa shape index (κ1) is 19.3. The third-order valence-corrected chi connectivity index (χ3v) is 5.04. The minimum atomic E-state index is -0.253. The van der Waals surface area contributed by atoms with Crippen molar-refractivity contribution in [2.24, 2.45) is 0 Å². The monoisotopic (exact) mass is 373 g/mol. The van der Waals surface area contributed by atoms with Crippen LogP contribution in [0.2, 0.25) is 0 Å².